The highest BCUT2D eigenvalue weighted by atomic mass is 16.4. The number of carboxylic acids is 1. The largest absolute Gasteiger partial charge is 0.481 e. The summed E-state index contributed by atoms with van der Waals surface area (Å²) in [5, 5.41) is 11.1. The van der Waals surface area contributed by atoms with Crippen molar-refractivity contribution in [3.63, 3.8) is 0 Å². The molecule has 0 aromatic carbocycles. The predicted octanol–water partition coefficient (Wildman–Crippen LogP) is -0.157. The molecule has 0 aliphatic heterocycles. The van der Waals surface area contributed by atoms with Crippen molar-refractivity contribution >= 4 is 11.9 Å². The summed E-state index contributed by atoms with van der Waals surface area (Å²) in [4.78, 5) is 21.2. The normalized spacial score (nSPS) is 27.7. The summed E-state index contributed by atoms with van der Waals surface area (Å²) in [5.41, 5.74) is 0. The molecule has 11 heavy (non-hydrogen) atoms. The Hall–Kier alpha value is -1.06. The van der Waals surface area contributed by atoms with E-state index in [2.05, 4.69) is 5.32 Å². The Morgan fingerprint density at radius 3 is 2.55 bits per heavy atom. The molecule has 0 saturated heterocycles. The molecule has 0 bridgehead atoms. The van der Waals surface area contributed by atoms with Crippen LogP contribution < -0.4 is 5.32 Å². The Kier molecular flexibility index (Phi) is 2.12. The molecule has 1 aliphatic carbocycles. The molecular formula is C7H11NO3. The predicted molar refractivity (Wildman–Crippen MR) is 37.9 cm³/mol. The van der Waals surface area contributed by atoms with E-state index in [1.807, 2.05) is 6.92 Å². The van der Waals surface area contributed by atoms with Gasteiger partial charge in [-0.2, -0.15) is 0 Å². The molecular weight excluding hydrogens is 146 g/mol. The number of carbonyl (C=O) groups excluding carboxylic acids is 1. The molecule has 0 unspecified atom stereocenters. The number of carbonyl (C=O) groups is 2. The first-order valence-electron chi connectivity index (χ1n) is 3.67. The quantitative estimate of drug-likeness (QED) is 0.598. The molecule has 2 N–H and O–H groups in total. The molecule has 0 aromatic heterocycles. The van der Waals surface area contributed by atoms with E-state index in [0.717, 1.165) is 0 Å². The van der Waals surface area contributed by atoms with Crippen LogP contribution in [-0.4, -0.2) is 23.5 Å². The van der Waals surface area contributed by atoms with Crippen molar-refractivity contribution in [2.24, 2.45) is 11.8 Å². The third-order valence-electron chi connectivity index (χ3n) is 1.80. The van der Waals surface area contributed by atoms with Gasteiger partial charge in [-0.1, -0.05) is 0 Å². The van der Waals surface area contributed by atoms with Crippen LogP contribution in [0.25, 0.3) is 0 Å². The molecule has 1 fully saturated rings. The van der Waals surface area contributed by atoms with Crippen molar-refractivity contribution in [2.75, 3.05) is 6.54 Å². The van der Waals surface area contributed by atoms with Crippen LogP contribution in [0, 0.1) is 11.8 Å². The average molecular weight is 157 g/mol. The van der Waals surface area contributed by atoms with Gasteiger partial charge in [0, 0.05) is 6.54 Å². The minimum atomic E-state index is -0.860. The maximum atomic E-state index is 10.9. The smallest absolute Gasteiger partial charge is 0.307 e. The molecule has 0 spiro atoms. The standard InChI is InChI=1S/C7H11NO3/c1-2-8-6(9)4-3-5(4)7(10)11/h4-5H,2-3H2,1H3,(H,8,9)(H,10,11)/t4-,5+/m1/s1. The molecule has 1 saturated carbocycles. The van der Waals surface area contributed by atoms with Crippen molar-refractivity contribution in [1.29, 1.82) is 0 Å². The highest BCUT2D eigenvalue weighted by molar-refractivity contribution is 5.89. The maximum Gasteiger partial charge on any atom is 0.307 e. The highest BCUT2D eigenvalue weighted by Crippen LogP contribution is 2.38. The van der Waals surface area contributed by atoms with Gasteiger partial charge in [0.15, 0.2) is 0 Å². The van der Waals surface area contributed by atoms with Crippen LogP contribution in [0.1, 0.15) is 13.3 Å². The van der Waals surface area contributed by atoms with E-state index in [0.29, 0.717) is 13.0 Å². The highest BCUT2D eigenvalue weighted by Gasteiger charge is 2.47. The van der Waals surface area contributed by atoms with Crippen LogP contribution in [0.5, 0.6) is 0 Å². The molecule has 1 rings (SSSR count). The van der Waals surface area contributed by atoms with E-state index in [9.17, 15) is 9.59 Å². The lowest BCUT2D eigenvalue weighted by Gasteiger charge is -1.97. The van der Waals surface area contributed by atoms with Crippen molar-refractivity contribution in [3.05, 3.63) is 0 Å². The minimum Gasteiger partial charge on any atom is -0.481 e. The summed E-state index contributed by atoms with van der Waals surface area (Å²) in [5.74, 6) is -1.69. The van der Waals surface area contributed by atoms with Gasteiger partial charge in [0.1, 0.15) is 0 Å². The van der Waals surface area contributed by atoms with E-state index in [-0.39, 0.29) is 11.8 Å². The molecule has 0 aromatic rings. The van der Waals surface area contributed by atoms with Gasteiger partial charge in [0.05, 0.1) is 11.8 Å². The van der Waals surface area contributed by atoms with Crippen molar-refractivity contribution in [1.82, 2.24) is 5.32 Å². The first-order chi connectivity index (χ1) is 5.16. The first kappa shape index (κ1) is 8.04. The van der Waals surface area contributed by atoms with Crippen LogP contribution in [0.15, 0.2) is 0 Å². The molecule has 0 radical (unpaired) electrons. The second-order valence-electron chi connectivity index (χ2n) is 2.68. The van der Waals surface area contributed by atoms with Crippen molar-refractivity contribution < 1.29 is 14.7 Å². The Morgan fingerprint density at radius 2 is 2.18 bits per heavy atom. The van der Waals surface area contributed by atoms with Crippen LogP contribution in [-0.2, 0) is 9.59 Å². The lowest BCUT2D eigenvalue weighted by atomic mass is 10.3. The summed E-state index contributed by atoms with van der Waals surface area (Å²) in [7, 11) is 0. The minimum absolute atomic E-state index is 0.125. The molecule has 4 heteroatoms. The molecule has 1 amide bonds. The van der Waals surface area contributed by atoms with Gasteiger partial charge in [-0.3, -0.25) is 9.59 Å². The van der Waals surface area contributed by atoms with Crippen LogP contribution in [0.4, 0.5) is 0 Å². The number of amides is 1. The number of aliphatic carboxylic acids is 1. The molecule has 4 nitrogen and oxygen atoms in total. The number of carboxylic acid groups (broad SMARTS) is 1. The van der Waals surface area contributed by atoms with Gasteiger partial charge in [0.25, 0.3) is 0 Å². The summed E-state index contributed by atoms with van der Waals surface area (Å²) in [6.07, 6.45) is 0.501. The number of rotatable bonds is 3. The fourth-order valence-electron chi connectivity index (χ4n) is 1.06. The first-order valence-corrected chi connectivity index (χ1v) is 3.67. The lowest BCUT2D eigenvalue weighted by molar-refractivity contribution is -0.140. The van der Waals surface area contributed by atoms with Gasteiger partial charge in [-0.25, -0.2) is 0 Å². The Labute approximate surface area is 64.6 Å². The summed E-state index contributed by atoms with van der Waals surface area (Å²) < 4.78 is 0. The summed E-state index contributed by atoms with van der Waals surface area (Å²) >= 11 is 0. The van der Waals surface area contributed by atoms with Crippen molar-refractivity contribution in [3.8, 4) is 0 Å². The Morgan fingerprint density at radius 1 is 1.55 bits per heavy atom. The van der Waals surface area contributed by atoms with E-state index in [4.69, 9.17) is 5.11 Å². The monoisotopic (exact) mass is 157 g/mol. The summed E-state index contributed by atoms with van der Waals surface area (Å²) in [6.45, 7) is 2.39. The van der Waals surface area contributed by atoms with E-state index in [1.54, 1.807) is 0 Å². The Bertz CT molecular complexity index is 190. The van der Waals surface area contributed by atoms with Gasteiger partial charge in [-0.15, -0.1) is 0 Å². The van der Waals surface area contributed by atoms with E-state index in [1.165, 1.54) is 0 Å². The summed E-state index contributed by atoms with van der Waals surface area (Å²) in [6, 6.07) is 0. The van der Waals surface area contributed by atoms with Gasteiger partial charge in [-0.05, 0) is 13.3 Å². The fourth-order valence-corrected chi connectivity index (χ4v) is 1.06. The van der Waals surface area contributed by atoms with Crippen LogP contribution in [0.3, 0.4) is 0 Å². The number of nitrogens with one attached hydrogen (secondary N) is 1. The van der Waals surface area contributed by atoms with Crippen LogP contribution in [0.2, 0.25) is 0 Å². The van der Waals surface area contributed by atoms with Crippen molar-refractivity contribution in [2.45, 2.75) is 13.3 Å². The third-order valence-corrected chi connectivity index (χ3v) is 1.80. The van der Waals surface area contributed by atoms with E-state index < -0.39 is 11.9 Å². The fraction of sp³-hybridized carbons (Fsp3) is 0.714. The topological polar surface area (TPSA) is 66.4 Å². The van der Waals surface area contributed by atoms with Gasteiger partial charge >= 0.3 is 5.97 Å². The third kappa shape index (κ3) is 1.69. The Balaban J connectivity index is 2.32. The number of hydrogen-bond acceptors (Lipinski definition) is 2. The molecule has 2 atom stereocenters. The zero-order valence-electron chi connectivity index (χ0n) is 6.33. The molecule has 62 valence electrons. The zero-order chi connectivity index (χ0) is 8.43. The second-order valence-corrected chi connectivity index (χ2v) is 2.68. The van der Waals surface area contributed by atoms with Gasteiger partial charge < -0.3 is 10.4 Å². The zero-order valence-corrected chi connectivity index (χ0v) is 6.33. The average Bonchev–Trinajstić information content (AvgIpc) is 2.65. The lowest BCUT2D eigenvalue weighted by Crippen LogP contribution is -2.25. The SMILES string of the molecule is CCNC(=O)[C@@H]1C[C@@H]1C(=O)O. The van der Waals surface area contributed by atoms with Gasteiger partial charge in [0.2, 0.25) is 5.91 Å². The molecule has 1 aliphatic rings. The van der Waals surface area contributed by atoms with Crippen LogP contribution >= 0.6 is 0 Å². The molecule has 0 heterocycles. The van der Waals surface area contributed by atoms with E-state index >= 15 is 0 Å². The number of hydrogen-bond donors (Lipinski definition) is 2. The maximum absolute atomic E-state index is 10.9. The second kappa shape index (κ2) is 2.90.